The van der Waals surface area contributed by atoms with E-state index in [1.54, 1.807) is 24.4 Å². The van der Waals surface area contributed by atoms with Gasteiger partial charge in [-0.25, -0.2) is 4.98 Å². The van der Waals surface area contributed by atoms with Gasteiger partial charge in [-0.15, -0.1) is 0 Å². The lowest BCUT2D eigenvalue weighted by Crippen LogP contribution is -2.54. The molecule has 244 valence electrons. The Morgan fingerprint density at radius 1 is 1.09 bits per heavy atom. The zero-order chi connectivity index (χ0) is 33.1. The van der Waals surface area contributed by atoms with Gasteiger partial charge in [0.2, 0.25) is 23.6 Å². The smallest absolute Gasteiger partial charge is 0.264 e. The molecule has 1 aromatic heterocycles. The van der Waals surface area contributed by atoms with Gasteiger partial charge in [-0.05, 0) is 36.6 Å². The molecule has 1 saturated heterocycles. The fraction of sp³-hybridized carbons (Fsp3) is 0.344. The maximum Gasteiger partial charge on any atom is 0.264 e. The maximum atomic E-state index is 13.9. The monoisotopic (exact) mass is 643 g/mol. The van der Waals surface area contributed by atoms with Gasteiger partial charge in [-0.2, -0.15) is 0 Å². The Morgan fingerprint density at radius 3 is 2.66 bits per heavy atom. The molecule has 0 radical (unpaired) electrons. The lowest BCUT2D eigenvalue weighted by Gasteiger charge is -2.30. The van der Waals surface area contributed by atoms with Crippen LogP contribution in [0.15, 0.2) is 48.8 Å². The van der Waals surface area contributed by atoms with Crippen LogP contribution in [0.3, 0.4) is 0 Å². The fourth-order valence-corrected chi connectivity index (χ4v) is 6.06. The molecule has 15 heteroatoms. The highest BCUT2D eigenvalue weighted by Crippen LogP contribution is 2.35. The van der Waals surface area contributed by atoms with E-state index in [9.17, 15) is 28.8 Å². The number of amides is 6. The van der Waals surface area contributed by atoms with E-state index in [-0.39, 0.29) is 55.2 Å². The number of H-pyrrole nitrogens is 1. The molecular weight excluding hydrogens is 610 g/mol. The zero-order valence-electron chi connectivity index (χ0n) is 25.5. The van der Waals surface area contributed by atoms with Gasteiger partial charge in [0.05, 0.1) is 11.1 Å². The Bertz CT molecular complexity index is 1740. The lowest BCUT2D eigenvalue weighted by molar-refractivity contribution is -0.140. The number of aromatic nitrogens is 2. The predicted octanol–water partition coefficient (Wildman–Crippen LogP) is 0.943. The van der Waals surface area contributed by atoms with Gasteiger partial charge in [0, 0.05) is 51.1 Å². The Morgan fingerprint density at radius 2 is 1.89 bits per heavy atom. The lowest BCUT2D eigenvalue weighted by atomic mass is 10.0. The van der Waals surface area contributed by atoms with Crippen molar-refractivity contribution in [2.24, 2.45) is 0 Å². The summed E-state index contributed by atoms with van der Waals surface area (Å²) in [5.41, 5.74) is 1.33. The number of imidazole rings is 1. The molecule has 47 heavy (non-hydrogen) atoms. The molecule has 3 aliphatic rings. The molecule has 6 rings (SSSR count). The zero-order valence-corrected chi connectivity index (χ0v) is 25.5. The Hall–Kier alpha value is -5.73. The van der Waals surface area contributed by atoms with Crippen molar-refractivity contribution in [3.63, 3.8) is 0 Å². The highest BCUT2D eigenvalue weighted by molar-refractivity contribution is 6.25. The number of anilines is 1. The van der Waals surface area contributed by atoms with Crippen LogP contribution in [0.2, 0.25) is 0 Å². The number of imide groups is 2. The number of piperidine rings is 1. The number of hydrogen-bond donors (Lipinski definition) is 4. The highest BCUT2D eigenvalue weighted by Gasteiger charge is 2.45. The number of carbonyl (C=O) groups excluding carboxylic acids is 6. The summed E-state index contributed by atoms with van der Waals surface area (Å²) in [4.78, 5) is 87.4. The summed E-state index contributed by atoms with van der Waals surface area (Å²) in [6, 6.07) is 8.03. The number of fused-ring (bicyclic) bond motifs is 2. The molecule has 0 saturated carbocycles. The van der Waals surface area contributed by atoms with E-state index in [1.807, 2.05) is 12.1 Å². The van der Waals surface area contributed by atoms with Crippen LogP contribution in [-0.4, -0.2) is 94.6 Å². The maximum absolute atomic E-state index is 13.9. The van der Waals surface area contributed by atoms with Crippen molar-refractivity contribution in [1.29, 1.82) is 0 Å². The standard InChI is InChI=1S/C32H33N7O8/c1-33-30(43)26(28-35-12-13-36-28)38(24(41)11-8-18-4-2-7-22-27(18)47-17-16-46-22)15-14-34-20-6-3-5-19-25(20)32(45)39(31(19)44)21-9-10-23(40)37-29(21)42/h2-7,12-13,21,26,34H,8-11,14-17H2,1H3,(H,33,43)(H,35,36)(H,37,40,42). The summed E-state index contributed by atoms with van der Waals surface area (Å²) in [6.45, 7) is 0.947. The third kappa shape index (κ3) is 6.11. The SMILES string of the molecule is CNC(=O)C(c1ncc[nH]1)N(CCNc1cccc2c1C(=O)N(C1CCC(=O)NC1=O)C2=O)C(=O)CCc1cccc2c1OCCO2. The van der Waals surface area contributed by atoms with Crippen molar-refractivity contribution < 1.29 is 38.2 Å². The largest absolute Gasteiger partial charge is 0.486 e. The van der Waals surface area contributed by atoms with Crippen LogP contribution >= 0.6 is 0 Å². The second-order valence-electron chi connectivity index (χ2n) is 11.1. The third-order valence-corrected chi connectivity index (χ3v) is 8.30. The number of benzene rings is 2. The van der Waals surface area contributed by atoms with Crippen molar-refractivity contribution in [3.8, 4) is 11.5 Å². The summed E-state index contributed by atoms with van der Waals surface area (Å²) in [5, 5.41) is 7.94. The second kappa shape index (κ2) is 13.3. The third-order valence-electron chi connectivity index (χ3n) is 8.30. The van der Waals surface area contributed by atoms with E-state index in [1.165, 1.54) is 24.2 Å². The molecule has 0 bridgehead atoms. The number of carbonyl (C=O) groups is 6. The van der Waals surface area contributed by atoms with Crippen LogP contribution in [0.1, 0.15) is 57.4 Å². The molecule has 1 fully saturated rings. The molecule has 6 amide bonds. The summed E-state index contributed by atoms with van der Waals surface area (Å²) in [5.74, 6) is -1.76. The topological polar surface area (TPSA) is 192 Å². The first kappa shape index (κ1) is 31.3. The number of aryl methyl sites for hydroxylation is 1. The van der Waals surface area contributed by atoms with Gasteiger partial charge in [-0.1, -0.05) is 18.2 Å². The Balaban J connectivity index is 1.21. The minimum absolute atomic E-state index is 0.00844. The van der Waals surface area contributed by atoms with E-state index in [0.29, 0.717) is 36.8 Å². The molecule has 2 aromatic carbocycles. The number of likely N-dealkylation sites (N-methyl/N-ethyl adjacent to an activating group) is 1. The first-order valence-corrected chi connectivity index (χ1v) is 15.2. The Labute approximate surface area is 269 Å². The van der Waals surface area contributed by atoms with Gasteiger partial charge in [0.25, 0.3) is 11.8 Å². The summed E-state index contributed by atoms with van der Waals surface area (Å²) in [7, 11) is 1.47. The molecule has 2 unspecified atom stereocenters. The highest BCUT2D eigenvalue weighted by atomic mass is 16.6. The molecular formula is C32H33N7O8. The minimum atomic E-state index is -1.10. The van der Waals surface area contributed by atoms with Crippen molar-refractivity contribution in [3.05, 3.63) is 71.3 Å². The summed E-state index contributed by atoms with van der Waals surface area (Å²) in [6.07, 6.45) is 3.46. The van der Waals surface area contributed by atoms with Gasteiger partial charge in [0.1, 0.15) is 25.1 Å². The average Bonchev–Trinajstić information content (AvgIpc) is 3.70. The normalized spacial score (nSPS) is 17.6. The molecule has 0 spiro atoms. The second-order valence-corrected chi connectivity index (χ2v) is 11.1. The predicted molar refractivity (Wildman–Crippen MR) is 164 cm³/mol. The van der Waals surface area contributed by atoms with Crippen molar-refractivity contribution in [2.45, 2.75) is 37.8 Å². The van der Waals surface area contributed by atoms with Crippen LogP contribution in [0.25, 0.3) is 0 Å². The number of nitrogens with zero attached hydrogens (tertiary/aromatic N) is 3. The molecule has 3 aliphatic heterocycles. The fourth-order valence-electron chi connectivity index (χ4n) is 6.06. The molecule has 15 nitrogen and oxygen atoms in total. The van der Waals surface area contributed by atoms with Crippen LogP contribution in [0.4, 0.5) is 5.69 Å². The number of para-hydroxylation sites is 1. The van der Waals surface area contributed by atoms with E-state index in [2.05, 4.69) is 25.9 Å². The first-order valence-electron chi connectivity index (χ1n) is 15.2. The van der Waals surface area contributed by atoms with E-state index in [4.69, 9.17) is 9.47 Å². The van der Waals surface area contributed by atoms with Crippen LogP contribution < -0.4 is 25.4 Å². The molecule has 4 N–H and O–H groups in total. The summed E-state index contributed by atoms with van der Waals surface area (Å²) >= 11 is 0. The quantitative estimate of drug-likeness (QED) is 0.219. The van der Waals surface area contributed by atoms with E-state index < -0.39 is 41.6 Å². The Kier molecular flexibility index (Phi) is 8.86. The molecule has 0 aliphatic carbocycles. The molecule has 2 atom stereocenters. The summed E-state index contributed by atoms with van der Waals surface area (Å²) < 4.78 is 11.5. The number of nitrogens with one attached hydrogen (secondary N) is 4. The van der Waals surface area contributed by atoms with Gasteiger partial charge >= 0.3 is 0 Å². The number of aromatic amines is 1. The van der Waals surface area contributed by atoms with Crippen molar-refractivity contribution >= 4 is 41.1 Å². The van der Waals surface area contributed by atoms with Crippen LogP contribution in [0.5, 0.6) is 11.5 Å². The van der Waals surface area contributed by atoms with E-state index in [0.717, 1.165) is 10.5 Å². The van der Waals surface area contributed by atoms with Gasteiger partial charge < -0.3 is 30.0 Å². The van der Waals surface area contributed by atoms with Crippen LogP contribution in [-0.2, 0) is 25.6 Å². The molecule has 3 aromatic rings. The average molecular weight is 644 g/mol. The number of rotatable bonds is 11. The van der Waals surface area contributed by atoms with Gasteiger partial charge in [0.15, 0.2) is 17.5 Å². The number of hydrogen-bond acceptors (Lipinski definition) is 10. The van der Waals surface area contributed by atoms with Crippen LogP contribution in [0, 0.1) is 0 Å². The van der Waals surface area contributed by atoms with Gasteiger partial charge in [-0.3, -0.25) is 39.0 Å². The first-order chi connectivity index (χ1) is 22.8. The minimum Gasteiger partial charge on any atom is -0.486 e. The van der Waals surface area contributed by atoms with E-state index >= 15 is 0 Å². The number of ether oxygens (including phenoxy) is 2. The van der Waals surface area contributed by atoms with Crippen molar-refractivity contribution in [1.82, 2.24) is 30.4 Å². The van der Waals surface area contributed by atoms with Crippen molar-refractivity contribution in [2.75, 3.05) is 38.7 Å². The molecule has 4 heterocycles.